The maximum absolute atomic E-state index is 4.92. The van der Waals surface area contributed by atoms with Crippen LogP contribution in [-0.4, -0.2) is 42.1 Å². The quantitative estimate of drug-likeness (QED) is 0.727. The zero-order chi connectivity index (χ0) is 10.7. The van der Waals surface area contributed by atoms with E-state index in [0.29, 0.717) is 6.01 Å². The Bertz CT molecular complexity index is 359. The van der Waals surface area contributed by atoms with Crippen LogP contribution in [0.1, 0.15) is 12.0 Å². The Morgan fingerprint density at radius 1 is 1.33 bits per heavy atom. The number of rotatable bonds is 2. The minimum Gasteiger partial charge on any atom is -0.467 e. The van der Waals surface area contributed by atoms with Gasteiger partial charge < -0.3 is 9.64 Å². The van der Waals surface area contributed by atoms with Gasteiger partial charge in [-0.15, -0.1) is 0 Å². The van der Waals surface area contributed by atoms with Crippen molar-refractivity contribution in [3.63, 3.8) is 0 Å². The lowest BCUT2D eigenvalue weighted by Crippen LogP contribution is -2.23. The zero-order valence-corrected chi connectivity index (χ0v) is 9.10. The van der Waals surface area contributed by atoms with Crippen molar-refractivity contribution >= 4 is 5.57 Å². The third kappa shape index (κ3) is 2.33. The van der Waals surface area contributed by atoms with Gasteiger partial charge in [0.05, 0.1) is 7.11 Å². The van der Waals surface area contributed by atoms with Crippen LogP contribution >= 0.6 is 0 Å². The summed E-state index contributed by atoms with van der Waals surface area (Å²) in [6, 6.07) is 0.423. The molecular weight excluding hydrogens is 190 g/mol. The Kier molecular flexibility index (Phi) is 2.97. The summed E-state index contributed by atoms with van der Waals surface area (Å²) in [5, 5.41) is 0. The highest BCUT2D eigenvalue weighted by molar-refractivity contribution is 5.65. The summed E-state index contributed by atoms with van der Waals surface area (Å²) in [6.45, 7) is 2.10. The Hall–Kier alpha value is -1.42. The van der Waals surface area contributed by atoms with Crippen LogP contribution in [0.2, 0.25) is 0 Å². The van der Waals surface area contributed by atoms with Crippen LogP contribution in [0.5, 0.6) is 6.01 Å². The molecule has 1 aliphatic rings. The fraction of sp³-hybridized carbons (Fsp3) is 0.455. The molecule has 0 fully saturated rings. The van der Waals surface area contributed by atoms with Crippen LogP contribution in [0.25, 0.3) is 5.57 Å². The van der Waals surface area contributed by atoms with Gasteiger partial charge in [-0.2, -0.15) is 0 Å². The zero-order valence-electron chi connectivity index (χ0n) is 9.10. The van der Waals surface area contributed by atoms with E-state index in [1.165, 1.54) is 5.57 Å². The number of hydrogen-bond donors (Lipinski definition) is 0. The van der Waals surface area contributed by atoms with Gasteiger partial charge in [0.15, 0.2) is 0 Å². The molecule has 0 atom stereocenters. The summed E-state index contributed by atoms with van der Waals surface area (Å²) in [6.07, 6.45) is 6.94. The molecule has 4 heteroatoms. The topological polar surface area (TPSA) is 38.2 Å². The van der Waals surface area contributed by atoms with Gasteiger partial charge in [0.25, 0.3) is 0 Å². The van der Waals surface area contributed by atoms with E-state index in [4.69, 9.17) is 4.74 Å². The highest BCUT2D eigenvalue weighted by Crippen LogP contribution is 2.20. The first kappa shape index (κ1) is 10.1. The number of hydrogen-bond acceptors (Lipinski definition) is 4. The summed E-state index contributed by atoms with van der Waals surface area (Å²) in [5.74, 6) is 0. The summed E-state index contributed by atoms with van der Waals surface area (Å²) in [5.41, 5.74) is 2.43. The fourth-order valence-electron chi connectivity index (χ4n) is 1.62. The molecule has 0 bridgehead atoms. The number of methoxy groups -OCH3 is 1. The molecule has 0 spiro atoms. The summed E-state index contributed by atoms with van der Waals surface area (Å²) in [4.78, 5) is 10.5. The van der Waals surface area contributed by atoms with Crippen LogP contribution in [0.4, 0.5) is 0 Å². The summed E-state index contributed by atoms with van der Waals surface area (Å²) < 4.78 is 4.92. The third-order valence-electron chi connectivity index (χ3n) is 2.59. The van der Waals surface area contributed by atoms with Crippen molar-refractivity contribution in [3.05, 3.63) is 24.0 Å². The van der Waals surface area contributed by atoms with Crippen LogP contribution in [0, 0.1) is 0 Å². The first-order chi connectivity index (χ1) is 7.29. The van der Waals surface area contributed by atoms with Crippen LogP contribution in [0.3, 0.4) is 0 Å². The maximum Gasteiger partial charge on any atom is 0.316 e. The molecule has 2 rings (SSSR count). The molecule has 0 saturated carbocycles. The molecule has 0 radical (unpaired) electrons. The van der Waals surface area contributed by atoms with Crippen molar-refractivity contribution in [1.29, 1.82) is 0 Å². The Labute approximate surface area is 89.6 Å². The second-order valence-corrected chi connectivity index (χ2v) is 3.70. The molecule has 1 aliphatic heterocycles. The summed E-state index contributed by atoms with van der Waals surface area (Å²) in [7, 11) is 3.70. The van der Waals surface area contributed by atoms with Crippen molar-refractivity contribution in [2.45, 2.75) is 6.42 Å². The molecular formula is C11H15N3O. The van der Waals surface area contributed by atoms with Gasteiger partial charge in [-0.1, -0.05) is 6.08 Å². The monoisotopic (exact) mass is 205 g/mol. The average molecular weight is 205 g/mol. The van der Waals surface area contributed by atoms with Gasteiger partial charge in [0.1, 0.15) is 0 Å². The van der Waals surface area contributed by atoms with Crippen LogP contribution < -0.4 is 4.74 Å². The SMILES string of the molecule is COc1ncc(C2=CCN(C)CC2)cn1. The van der Waals surface area contributed by atoms with Gasteiger partial charge in [-0.25, -0.2) is 9.97 Å². The van der Waals surface area contributed by atoms with E-state index < -0.39 is 0 Å². The lowest BCUT2D eigenvalue weighted by Gasteiger charge is -2.21. The number of nitrogens with zero attached hydrogens (tertiary/aromatic N) is 3. The molecule has 0 N–H and O–H groups in total. The van der Waals surface area contributed by atoms with Crippen LogP contribution in [0.15, 0.2) is 18.5 Å². The molecule has 0 unspecified atom stereocenters. The number of ether oxygens (including phenoxy) is 1. The van der Waals surface area contributed by atoms with Crippen molar-refractivity contribution in [1.82, 2.24) is 14.9 Å². The van der Waals surface area contributed by atoms with Crippen molar-refractivity contribution in [2.75, 3.05) is 27.2 Å². The molecule has 1 aromatic heterocycles. The number of likely N-dealkylation sites (N-methyl/N-ethyl adjacent to an activating group) is 1. The minimum atomic E-state index is 0.423. The number of aromatic nitrogens is 2. The Morgan fingerprint density at radius 3 is 2.60 bits per heavy atom. The maximum atomic E-state index is 4.92. The molecule has 1 aromatic rings. The molecule has 0 amide bonds. The molecule has 15 heavy (non-hydrogen) atoms. The van der Waals surface area contributed by atoms with Crippen molar-refractivity contribution in [3.8, 4) is 6.01 Å². The van der Waals surface area contributed by atoms with Gasteiger partial charge in [0.2, 0.25) is 0 Å². The largest absolute Gasteiger partial charge is 0.467 e. The molecule has 0 aliphatic carbocycles. The van der Waals surface area contributed by atoms with Gasteiger partial charge in [-0.3, -0.25) is 0 Å². The van der Waals surface area contributed by atoms with Crippen molar-refractivity contribution < 1.29 is 4.74 Å². The molecule has 0 aromatic carbocycles. The lowest BCUT2D eigenvalue weighted by atomic mass is 10.0. The molecule has 4 nitrogen and oxygen atoms in total. The standard InChI is InChI=1S/C11H15N3O/c1-14-5-3-9(4-6-14)10-7-12-11(15-2)13-8-10/h3,7-8H,4-6H2,1-2H3. The second kappa shape index (κ2) is 4.40. The van der Waals surface area contributed by atoms with E-state index >= 15 is 0 Å². The predicted molar refractivity (Wildman–Crippen MR) is 58.7 cm³/mol. The fourth-order valence-corrected chi connectivity index (χ4v) is 1.62. The van der Waals surface area contributed by atoms with E-state index in [2.05, 4.69) is 28.0 Å². The smallest absolute Gasteiger partial charge is 0.316 e. The lowest BCUT2D eigenvalue weighted by molar-refractivity contribution is 0.369. The van der Waals surface area contributed by atoms with Crippen LogP contribution in [-0.2, 0) is 0 Å². The molecule has 80 valence electrons. The first-order valence-corrected chi connectivity index (χ1v) is 5.03. The molecule has 0 saturated heterocycles. The predicted octanol–water partition coefficient (Wildman–Crippen LogP) is 1.20. The molecule has 2 heterocycles. The van der Waals surface area contributed by atoms with Gasteiger partial charge in [0, 0.05) is 31.0 Å². The normalized spacial score (nSPS) is 17.3. The highest BCUT2D eigenvalue weighted by atomic mass is 16.5. The average Bonchev–Trinajstić information content (AvgIpc) is 2.30. The highest BCUT2D eigenvalue weighted by Gasteiger charge is 2.10. The van der Waals surface area contributed by atoms with Gasteiger partial charge in [-0.05, 0) is 19.0 Å². The van der Waals surface area contributed by atoms with E-state index in [-0.39, 0.29) is 0 Å². The van der Waals surface area contributed by atoms with E-state index in [0.717, 1.165) is 25.1 Å². The van der Waals surface area contributed by atoms with E-state index in [1.54, 1.807) is 7.11 Å². The second-order valence-electron chi connectivity index (χ2n) is 3.70. The Morgan fingerprint density at radius 2 is 2.07 bits per heavy atom. The first-order valence-electron chi connectivity index (χ1n) is 5.03. The Balaban J connectivity index is 2.16. The van der Waals surface area contributed by atoms with E-state index in [9.17, 15) is 0 Å². The van der Waals surface area contributed by atoms with Crippen molar-refractivity contribution in [2.24, 2.45) is 0 Å². The van der Waals surface area contributed by atoms with E-state index in [1.807, 2.05) is 12.4 Å². The third-order valence-corrected chi connectivity index (χ3v) is 2.59. The minimum absolute atomic E-state index is 0.423. The summed E-state index contributed by atoms with van der Waals surface area (Å²) >= 11 is 0. The van der Waals surface area contributed by atoms with Gasteiger partial charge >= 0.3 is 6.01 Å².